The molecule has 0 aromatic heterocycles. The first kappa shape index (κ1) is 21.3. The average Bonchev–Trinajstić information content (AvgIpc) is 2.54. The summed E-state index contributed by atoms with van der Waals surface area (Å²) < 4.78 is 41.5. The van der Waals surface area contributed by atoms with Gasteiger partial charge in [0.1, 0.15) is 5.76 Å². The first-order valence-electron chi connectivity index (χ1n) is 8.75. The van der Waals surface area contributed by atoms with Crippen LogP contribution in [0.1, 0.15) is 57.8 Å². The lowest BCUT2D eigenvalue weighted by Gasteiger charge is -2.11. The van der Waals surface area contributed by atoms with E-state index in [1.807, 2.05) is 18.2 Å². The molecule has 0 saturated carbocycles. The molecule has 0 atom stereocenters. The number of hydrogen-bond acceptors (Lipinski definition) is 3. The molecule has 1 aliphatic carbocycles. The minimum Gasteiger partial charge on any atom is -0.494 e. The van der Waals surface area contributed by atoms with Gasteiger partial charge in [-0.1, -0.05) is 38.2 Å². The molecular formula is C18H26F3NO3. The predicted octanol–water partition coefficient (Wildman–Crippen LogP) is 5.73. The molecule has 7 heteroatoms. The molecule has 0 saturated heterocycles. The summed E-state index contributed by atoms with van der Waals surface area (Å²) >= 11 is 0. The molecule has 0 fully saturated rings. The van der Waals surface area contributed by atoms with Crippen molar-refractivity contribution >= 4 is 0 Å². The van der Waals surface area contributed by atoms with E-state index in [9.17, 15) is 23.3 Å². The lowest BCUT2D eigenvalue weighted by atomic mass is 10.1. The fourth-order valence-electron chi connectivity index (χ4n) is 2.50. The van der Waals surface area contributed by atoms with Crippen molar-refractivity contribution in [3.8, 4) is 0 Å². The van der Waals surface area contributed by atoms with Crippen LogP contribution in [0.4, 0.5) is 13.2 Å². The molecule has 142 valence electrons. The highest BCUT2D eigenvalue weighted by molar-refractivity contribution is 5.32. The van der Waals surface area contributed by atoms with Crippen molar-refractivity contribution in [3.05, 3.63) is 45.8 Å². The van der Waals surface area contributed by atoms with E-state index < -0.39 is 12.6 Å². The van der Waals surface area contributed by atoms with Crippen molar-refractivity contribution in [3.63, 3.8) is 0 Å². The molecule has 1 rings (SSSR count). The third kappa shape index (κ3) is 12.3. The zero-order valence-corrected chi connectivity index (χ0v) is 14.4. The largest absolute Gasteiger partial charge is 0.494 e. The van der Waals surface area contributed by atoms with E-state index >= 15 is 0 Å². The lowest BCUT2D eigenvalue weighted by molar-refractivity contribution is -0.468. The highest BCUT2D eigenvalue weighted by Crippen LogP contribution is 2.23. The number of rotatable bonds is 12. The van der Waals surface area contributed by atoms with E-state index in [1.54, 1.807) is 6.08 Å². The zero-order chi connectivity index (χ0) is 18.5. The Hall–Kier alpha value is -1.79. The van der Waals surface area contributed by atoms with Crippen LogP contribution < -0.4 is 0 Å². The summed E-state index contributed by atoms with van der Waals surface area (Å²) in [7, 11) is 0. The van der Waals surface area contributed by atoms with Crippen molar-refractivity contribution in [2.24, 2.45) is 0 Å². The van der Waals surface area contributed by atoms with Gasteiger partial charge in [-0.15, -0.1) is 0 Å². The monoisotopic (exact) mass is 361 g/mol. The summed E-state index contributed by atoms with van der Waals surface area (Å²) in [6, 6.07) is 0. The standard InChI is InChI=1S/C18H26F3NO3/c19-18(20,21)13-6-4-2-1-3-5-7-15-25-17-10-8-16(9-11-17)12-14-22(23)24/h8,10-12H,1-7,9,13-15H2. The number of nitro groups is 1. The summed E-state index contributed by atoms with van der Waals surface area (Å²) in [4.78, 5) is 9.93. The molecule has 0 heterocycles. The third-order valence-corrected chi connectivity index (χ3v) is 3.88. The van der Waals surface area contributed by atoms with Gasteiger partial charge in [0.15, 0.2) is 0 Å². The normalized spacial score (nSPS) is 16.1. The number of allylic oxidation sites excluding steroid dienone is 4. The van der Waals surface area contributed by atoms with Gasteiger partial charge in [-0.2, -0.15) is 13.2 Å². The number of unbranched alkanes of at least 4 members (excludes halogenated alkanes) is 6. The maximum absolute atomic E-state index is 12.0. The number of halogens is 3. The van der Waals surface area contributed by atoms with Crippen molar-refractivity contribution in [1.82, 2.24) is 0 Å². The Bertz CT molecular complexity index is 496. The molecule has 0 bridgehead atoms. The van der Waals surface area contributed by atoms with Crippen LogP contribution in [0.5, 0.6) is 0 Å². The van der Waals surface area contributed by atoms with Crippen LogP contribution in [-0.2, 0) is 4.74 Å². The van der Waals surface area contributed by atoms with Gasteiger partial charge < -0.3 is 4.74 Å². The number of nitrogens with zero attached hydrogens (tertiary/aromatic N) is 1. The Kier molecular flexibility index (Phi) is 9.96. The average molecular weight is 361 g/mol. The predicted molar refractivity (Wildman–Crippen MR) is 90.7 cm³/mol. The summed E-state index contributed by atoms with van der Waals surface area (Å²) in [5.41, 5.74) is 0.912. The summed E-state index contributed by atoms with van der Waals surface area (Å²) in [5, 5.41) is 10.3. The number of hydrogen-bond donors (Lipinski definition) is 0. The molecular weight excluding hydrogens is 335 g/mol. The fraction of sp³-hybridized carbons (Fsp3) is 0.667. The molecule has 4 nitrogen and oxygen atoms in total. The lowest BCUT2D eigenvalue weighted by Crippen LogP contribution is -2.06. The van der Waals surface area contributed by atoms with Gasteiger partial charge in [0.2, 0.25) is 6.54 Å². The number of alkyl halides is 3. The zero-order valence-electron chi connectivity index (χ0n) is 14.4. The fourth-order valence-corrected chi connectivity index (χ4v) is 2.50. The van der Waals surface area contributed by atoms with Crippen molar-refractivity contribution in [2.45, 2.75) is 64.0 Å². The molecule has 0 aromatic rings. The Morgan fingerprint density at radius 2 is 1.72 bits per heavy atom. The molecule has 0 spiro atoms. The van der Waals surface area contributed by atoms with Gasteiger partial charge in [0.05, 0.1) is 6.61 Å². The van der Waals surface area contributed by atoms with E-state index in [1.165, 1.54) is 0 Å². The highest BCUT2D eigenvalue weighted by Gasteiger charge is 2.25. The molecule has 25 heavy (non-hydrogen) atoms. The smallest absolute Gasteiger partial charge is 0.389 e. The van der Waals surface area contributed by atoms with Gasteiger partial charge >= 0.3 is 6.18 Å². The van der Waals surface area contributed by atoms with Gasteiger partial charge in [0.25, 0.3) is 0 Å². The summed E-state index contributed by atoms with van der Waals surface area (Å²) in [6.07, 6.45) is 8.70. The Balaban J connectivity index is 1.96. The van der Waals surface area contributed by atoms with E-state index in [-0.39, 0.29) is 17.9 Å². The minimum absolute atomic E-state index is 0.167. The van der Waals surface area contributed by atoms with Gasteiger partial charge in [-0.05, 0) is 43.1 Å². The molecule has 0 amide bonds. The van der Waals surface area contributed by atoms with Gasteiger partial charge in [0, 0.05) is 11.3 Å². The van der Waals surface area contributed by atoms with Crippen LogP contribution in [0.25, 0.3) is 0 Å². The maximum Gasteiger partial charge on any atom is 0.389 e. The van der Waals surface area contributed by atoms with Crippen LogP contribution in [0.2, 0.25) is 0 Å². The molecule has 0 N–H and O–H groups in total. The van der Waals surface area contributed by atoms with E-state index in [0.29, 0.717) is 19.4 Å². The van der Waals surface area contributed by atoms with Crippen LogP contribution in [0.15, 0.2) is 35.6 Å². The SMILES string of the molecule is O=[N+]([O-])CC=C1C=CC(OCCCCCCCCCC(F)(F)F)=CC1. The number of ether oxygens (including phenoxy) is 1. The summed E-state index contributed by atoms with van der Waals surface area (Å²) in [5.74, 6) is 0.783. The van der Waals surface area contributed by atoms with Crippen molar-refractivity contribution < 1.29 is 22.8 Å². The maximum atomic E-state index is 12.0. The molecule has 0 unspecified atom stereocenters. The van der Waals surface area contributed by atoms with E-state index in [4.69, 9.17) is 4.74 Å². The summed E-state index contributed by atoms with van der Waals surface area (Å²) in [6.45, 7) is 0.443. The highest BCUT2D eigenvalue weighted by atomic mass is 19.4. The van der Waals surface area contributed by atoms with Gasteiger partial charge in [-0.25, -0.2) is 0 Å². The minimum atomic E-state index is -4.03. The molecule has 1 aliphatic rings. The van der Waals surface area contributed by atoms with Crippen LogP contribution in [-0.4, -0.2) is 24.3 Å². The second kappa shape index (κ2) is 11.7. The Morgan fingerprint density at radius 3 is 2.28 bits per heavy atom. The molecule has 0 radical (unpaired) electrons. The van der Waals surface area contributed by atoms with E-state index in [0.717, 1.165) is 43.4 Å². The van der Waals surface area contributed by atoms with Crippen molar-refractivity contribution in [2.75, 3.05) is 13.2 Å². The second-order valence-corrected chi connectivity index (χ2v) is 6.13. The van der Waals surface area contributed by atoms with Crippen LogP contribution >= 0.6 is 0 Å². The molecule has 0 aromatic carbocycles. The van der Waals surface area contributed by atoms with Crippen molar-refractivity contribution in [1.29, 1.82) is 0 Å². The second-order valence-electron chi connectivity index (χ2n) is 6.13. The first-order chi connectivity index (χ1) is 11.9. The van der Waals surface area contributed by atoms with Crippen LogP contribution in [0, 0.1) is 10.1 Å². The van der Waals surface area contributed by atoms with Gasteiger partial charge in [-0.3, -0.25) is 10.1 Å². The Labute approximate surface area is 146 Å². The first-order valence-corrected chi connectivity index (χ1v) is 8.75. The Morgan fingerprint density at radius 1 is 1.08 bits per heavy atom. The topological polar surface area (TPSA) is 52.4 Å². The van der Waals surface area contributed by atoms with Crippen LogP contribution in [0.3, 0.4) is 0 Å². The third-order valence-electron chi connectivity index (χ3n) is 3.88. The molecule has 0 aliphatic heterocycles. The quantitative estimate of drug-likeness (QED) is 0.253. The van der Waals surface area contributed by atoms with E-state index in [2.05, 4.69) is 0 Å².